The minimum Gasteiger partial charge on any atom is -0.337 e. The van der Waals surface area contributed by atoms with Gasteiger partial charge in [0.05, 0.1) is 11.1 Å². The van der Waals surface area contributed by atoms with E-state index in [0.717, 1.165) is 18.0 Å². The van der Waals surface area contributed by atoms with Crippen LogP contribution in [0.2, 0.25) is 0 Å². The van der Waals surface area contributed by atoms with E-state index >= 15 is 0 Å². The lowest BCUT2D eigenvalue weighted by atomic mass is 10.0. The summed E-state index contributed by atoms with van der Waals surface area (Å²) < 4.78 is 0. The fraction of sp³-hybridized carbons (Fsp3) is 0.400. The van der Waals surface area contributed by atoms with E-state index in [1.165, 1.54) is 35.4 Å². The van der Waals surface area contributed by atoms with Crippen molar-refractivity contribution in [3.63, 3.8) is 0 Å². The minimum absolute atomic E-state index is 0.0613. The molecule has 1 aromatic heterocycles. The molecule has 0 fully saturated rings. The van der Waals surface area contributed by atoms with E-state index in [9.17, 15) is 0 Å². The van der Waals surface area contributed by atoms with Gasteiger partial charge >= 0.3 is 0 Å². The summed E-state index contributed by atoms with van der Waals surface area (Å²) in [7, 11) is 0. The Labute approximate surface area is 118 Å². The number of nitrogens with zero attached hydrogens (tertiary/aromatic N) is 1. The molecule has 1 unspecified atom stereocenters. The Kier molecular flexibility index (Phi) is 3.62. The Hall–Kier alpha value is -1.26. The van der Waals surface area contributed by atoms with Gasteiger partial charge < -0.3 is 10.7 Å². The van der Waals surface area contributed by atoms with Crippen molar-refractivity contribution in [1.82, 2.24) is 9.97 Å². The SMILES string of the molecule is Cc1ccccc1C(N)Sc1nc2c([nH]1)CCCC2. The van der Waals surface area contributed by atoms with Gasteiger partial charge in [-0.05, 0) is 43.7 Å². The van der Waals surface area contributed by atoms with Crippen LogP contribution in [0, 0.1) is 6.92 Å². The van der Waals surface area contributed by atoms with Crippen LogP contribution in [0.1, 0.15) is 40.7 Å². The van der Waals surface area contributed by atoms with Gasteiger partial charge in [0.2, 0.25) is 0 Å². The van der Waals surface area contributed by atoms with Gasteiger partial charge in [-0.3, -0.25) is 0 Å². The van der Waals surface area contributed by atoms with E-state index in [0.29, 0.717) is 0 Å². The average molecular weight is 273 g/mol. The first-order chi connectivity index (χ1) is 9.24. The zero-order chi connectivity index (χ0) is 13.2. The number of imidazole rings is 1. The first-order valence-electron chi connectivity index (χ1n) is 6.79. The molecule has 3 rings (SSSR count). The molecule has 19 heavy (non-hydrogen) atoms. The molecular formula is C15H19N3S. The number of nitrogens with two attached hydrogens (primary N) is 1. The topological polar surface area (TPSA) is 54.7 Å². The Morgan fingerprint density at radius 3 is 2.84 bits per heavy atom. The Morgan fingerprint density at radius 2 is 2.05 bits per heavy atom. The first kappa shape index (κ1) is 12.8. The summed E-state index contributed by atoms with van der Waals surface area (Å²) in [5.41, 5.74) is 11.3. The van der Waals surface area contributed by atoms with E-state index in [1.807, 2.05) is 12.1 Å². The van der Waals surface area contributed by atoms with Gasteiger partial charge in [0.15, 0.2) is 5.16 Å². The highest BCUT2D eigenvalue weighted by atomic mass is 32.2. The number of thioether (sulfide) groups is 1. The maximum atomic E-state index is 6.29. The minimum atomic E-state index is -0.0613. The second-order valence-electron chi connectivity index (χ2n) is 5.07. The third-order valence-corrected chi connectivity index (χ3v) is 4.59. The van der Waals surface area contributed by atoms with Crippen LogP contribution in [0.25, 0.3) is 0 Å². The zero-order valence-electron chi connectivity index (χ0n) is 11.1. The Bertz CT molecular complexity index is 553. The number of hydrogen-bond donors (Lipinski definition) is 2. The van der Waals surface area contributed by atoms with Gasteiger partial charge in [-0.2, -0.15) is 0 Å². The maximum Gasteiger partial charge on any atom is 0.167 e. The lowest BCUT2D eigenvalue weighted by molar-refractivity contribution is 0.667. The van der Waals surface area contributed by atoms with Gasteiger partial charge in [0.1, 0.15) is 0 Å². The van der Waals surface area contributed by atoms with Crippen LogP contribution in [-0.4, -0.2) is 9.97 Å². The standard InChI is InChI=1S/C15H19N3S/c1-10-6-2-3-7-11(10)14(16)19-15-17-12-8-4-5-9-13(12)18-15/h2-3,6-7,14H,4-5,8-9,16H2,1H3,(H,17,18). The average Bonchev–Trinajstić information content (AvgIpc) is 2.81. The van der Waals surface area contributed by atoms with Crippen molar-refractivity contribution in [1.29, 1.82) is 0 Å². The lowest BCUT2D eigenvalue weighted by Crippen LogP contribution is -2.07. The summed E-state index contributed by atoms with van der Waals surface area (Å²) >= 11 is 1.62. The molecule has 3 N–H and O–H groups in total. The molecule has 0 amide bonds. The van der Waals surface area contributed by atoms with Gasteiger partial charge in [0, 0.05) is 5.69 Å². The van der Waals surface area contributed by atoms with E-state index in [-0.39, 0.29) is 5.37 Å². The number of aryl methyl sites for hydroxylation is 3. The van der Waals surface area contributed by atoms with E-state index in [2.05, 4.69) is 29.0 Å². The second kappa shape index (κ2) is 5.39. The van der Waals surface area contributed by atoms with E-state index < -0.39 is 0 Å². The third kappa shape index (κ3) is 2.69. The summed E-state index contributed by atoms with van der Waals surface area (Å²) in [6, 6.07) is 8.27. The smallest absolute Gasteiger partial charge is 0.167 e. The molecule has 0 saturated carbocycles. The fourth-order valence-electron chi connectivity index (χ4n) is 2.57. The number of benzene rings is 1. The van der Waals surface area contributed by atoms with Crippen LogP contribution < -0.4 is 5.73 Å². The van der Waals surface area contributed by atoms with Gasteiger partial charge in [-0.1, -0.05) is 36.0 Å². The number of H-pyrrole nitrogens is 1. The van der Waals surface area contributed by atoms with Crippen molar-refractivity contribution >= 4 is 11.8 Å². The van der Waals surface area contributed by atoms with Crippen LogP contribution in [0.4, 0.5) is 0 Å². The van der Waals surface area contributed by atoms with Crippen molar-refractivity contribution in [3.05, 3.63) is 46.8 Å². The van der Waals surface area contributed by atoms with Crippen LogP contribution in [0.3, 0.4) is 0 Å². The first-order valence-corrected chi connectivity index (χ1v) is 7.67. The number of aromatic amines is 1. The van der Waals surface area contributed by atoms with Crippen molar-refractivity contribution < 1.29 is 0 Å². The van der Waals surface area contributed by atoms with E-state index in [4.69, 9.17) is 5.73 Å². The van der Waals surface area contributed by atoms with Gasteiger partial charge in [-0.25, -0.2) is 4.98 Å². The molecule has 0 aliphatic heterocycles. The molecule has 1 aromatic carbocycles. The van der Waals surface area contributed by atoms with Crippen molar-refractivity contribution in [2.45, 2.75) is 43.1 Å². The van der Waals surface area contributed by atoms with Crippen molar-refractivity contribution in [2.75, 3.05) is 0 Å². The predicted molar refractivity (Wildman–Crippen MR) is 79.2 cm³/mol. The van der Waals surface area contributed by atoms with Crippen LogP contribution >= 0.6 is 11.8 Å². The molecule has 3 nitrogen and oxygen atoms in total. The summed E-state index contributed by atoms with van der Waals surface area (Å²) in [4.78, 5) is 8.10. The monoisotopic (exact) mass is 273 g/mol. The van der Waals surface area contributed by atoms with Crippen molar-refractivity contribution in [3.8, 4) is 0 Å². The molecule has 100 valence electrons. The molecule has 1 heterocycles. The largest absolute Gasteiger partial charge is 0.337 e. The molecule has 1 aliphatic carbocycles. The number of rotatable bonds is 3. The van der Waals surface area contributed by atoms with Gasteiger partial charge in [0.25, 0.3) is 0 Å². The number of fused-ring (bicyclic) bond motifs is 1. The zero-order valence-corrected chi connectivity index (χ0v) is 12.0. The predicted octanol–water partition coefficient (Wildman–Crippen LogP) is 3.35. The molecular weight excluding hydrogens is 254 g/mol. The van der Waals surface area contributed by atoms with Crippen LogP contribution in [0.15, 0.2) is 29.4 Å². The quantitative estimate of drug-likeness (QED) is 0.666. The molecule has 0 radical (unpaired) electrons. The number of nitrogens with one attached hydrogen (secondary N) is 1. The number of hydrogen-bond acceptors (Lipinski definition) is 3. The highest BCUT2D eigenvalue weighted by Gasteiger charge is 2.17. The third-order valence-electron chi connectivity index (χ3n) is 3.67. The molecule has 2 aromatic rings. The summed E-state index contributed by atoms with van der Waals surface area (Å²) in [6.07, 6.45) is 4.75. The van der Waals surface area contributed by atoms with Crippen LogP contribution in [0.5, 0.6) is 0 Å². The molecule has 0 spiro atoms. The van der Waals surface area contributed by atoms with Crippen LogP contribution in [-0.2, 0) is 12.8 Å². The lowest BCUT2D eigenvalue weighted by Gasteiger charge is -2.12. The Morgan fingerprint density at radius 1 is 1.26 bits per heavy atom. The summed E-state index contributed by atoms with van der Waals surface area (Å²) in [5, 5.41) is 0.899. The molecule has 1 aliphatic rings. The summed E-state index contributed by atoms with van der Waals surface area (Å²) in [5.74, 6) is 0. The molecule has 1 atom stereocenters. The second-order valence-corrected chi connectivity index (χ2v) is 6.20. The normalized spacial score (nSPS) is 16.1. The van der Waals surface area contributed by atoms with Gasteiger partial charge in [-0.15, -0.1) is 0 Å². The Balaban J connectivity index is 1.78. The fourth-order valence-corrected chi connectivity index (χ4v) is 3.55. The van der Waals surface area contributed by atoms with E-state index in [1.54, 1.807) is 11.8 Å². The highest BCUT2D eigenvalue weighted by Crippen LogP contribution is 2.32. The number of aromatic nitrogens is 2. The molecule has 0 saturated heterocycles. The van der Waals surface area contributed by atoms with Crippen molar-refractivity contribution in [2.24, 2.45) is 5.73 Å². The summed E-state index contributed by atoms with van der Waals surface area (Å²) in [6.45, 7) is 2.10. The highest BCUT2D eigenvalue weighted by molar-refractivity contribution is 7.99. The maximum absolute atomic E-state index is 6.29. The molecule has 0 bridgehead atoms. The molecule has 4 heteroatoms.